The van der Waals surface area contributed by atoms with E-state index in [1.54, 1.807) is 36.9 Å². The molecule has 1 unspecified atom stereocenters. The molecule has 1 aromatic carbocycles. The number of benzene rings is 1. The van der Waals surface area contributed by atoms with Crippen LogP contribution in [-0.2, 0) is 26.0 Å². The first-order chi connectivity index (χ1) is 23.2. The number of esters is 1. The molecule has 1 atom stereocenters. The van der Waals surface area contributed by atoms with Crippen LogP contribution in [0.25, 0.3) is 0 Å². The van der Waals surface area contributed by atoms with Crippen LogP contribution in [0.5, 0.6) is 5.75 Å². The molecule has 12 nitrogen and oxygen atoms in total. The van der Waals surface area contributed by atoms with E-state index in [4.69, 9.17) is 20.2 Å². The Morgan fingerprint density at radius 2 is 1.73 bits per heavy atom. The maximum Gasteiger partial charge on any atom is 0.323 e. The Hall–Kier alpha value is -3.72. The molecule has 1 aromatic heterocycles. The number of rotatable bonds is 11. The van der Waals surface area contributed by atoms with Gasteiger partial charge < -0.3 is 30.3 Å². The zero-order valence-corrected chi connectivity index (χ0v) is 28.9. The molecular formula is C34H46F2N6O6S. The van der Waals surface area contributed by atoms with E-state index in [-0.39, 0.29) is 44.1 Å². The largest absolute Gasteiger partial charge is 0.489 e. The molecule has 0 bridgehead atoms. The first-order valence-electron chi connectivity index (χ1n) is 17.2. The Morgan fingerprint density at radius 1 is 1.04 bits per heavy atom. The van der Waals surface area contributed by atoms with E-state index in [9.17, 15) is 26.8 Å². The van der Waals surface area contributed by atoms with Crippen LogP contribution in [0.4, 0.5) is 31.8 Å². The van der Waals surface area contributed by atoms with E-state index < -0.39 is 39.6 Å². The number of anilines is 4. The number of nitrogens with one attached hydrogen (secondary N) is 2. The fraction of sp³-hybridized carbons (Fsp3) is 0.618. The van der Waals surface area contributed by atoms with Crippen LogP contribution in [0.2, 0.25) is 0 Å². The average molecular weight is 705 g/mol. The van der Waals surface area contributed by atoms with Gasteiger partial charge in [-0.15, -0.1) is 0 Å². The number of aryl methyl sites for hydroxylation is 1. The third kappa shape index (κ3) is 8.36. The second-order valence-electron chi connectivity index (χ2n) is 14.1. The summed E-state index contributed by atoms with van der Waals surface area (Å²) < 4.78 is 67.4. The highest BCUT2D eigenvalue weighted by atomic mass is 32.2. The second kappa shape index (κ2) is 13.9. The maximum absolute atomic E-state index is 14.0. The summed E-state index contributed by atoms with van der Waals surface area (Å²) in [4.78, 5) is 34.6. The molecular weight excluding hydrogens is 658 g/mol. The zero-order chi connectivity index (χ0) is 35.0. The predicted molar refractivity (Wildman–Crippen MR) is 183 cm³/mol. The van der Waals surface area contributed by atoms with Crippen molar-refractivity contribution in [1.82, 2.24) is 4.98 Å². The lowest BCUT2D eigenvalue weighted by atomic mass is 9.93. The maximum atomic E-state index is 14.0. The van der Waals surface area contributed by atoms with Gasteiger partial charge in [-0.2, -0.15) is 0 Å². The van der Waals surface area contributed by atoms with Gasteiger partial charge in [0.1, 0.15) is 24.2 Å². The van der Waals surface area contributed by atoms with E-state index >= 15 is 0 Å². The number of pyridine rings is 1. The number of sulfonamides is 1. The van der Waals surface area contributed by atoms with Crippen LogP contribution < -0.4 is 30.3 Å². The van der Waals surface area contributed by atoms with Gasteiger partial charge in [-0.1, -0.05) is 13.8 Å². The van der Waals surface area contributed by atoms with E-state index in [1.807, 2.05) is 0 Å². The number of carbonyl (C=O) groups is 2. The molecule has 2 aromatic rings. The lowest BCUT2D eigenvalue weighted by Crippen LogP contribution is -2.40. The minimum absolute atomic E-state index is 0.124. The van der Waals surface area contributed by atoms with Crippen molar-refractivity contribution in [2.24, 2.45) is 17.1 Å². The van der Waals surface area contributed by atoms with Gasteiger partial charge in [0.2, 0.25) is 10.0 Å². The van der Waals surface area contributed by atoms with Gasteiger partial charge in [-0.3, -0.25) is 14.3 Å². The van der Waals surface area contributed by atoms with Gasteiger partial charge >= 0.3 is 5.97 Å². The summed E-state index contributed by atoms with van der Waals surface area (Å²) in [5.41, 5.74) is 8.23. The van der Waals surface area contributed by atoms with Crippen molar-refractivity contribution in [3.8, 4) is 5.75 Å². The van der Waals surface area contributed by atoms with Crippen molar-refractivity contribution < 1.29 is 36.3 Å². The molecule has 2 saturated heterocycles. The predicted octanol–water partition coefficient (Wildman–Crippen LogP) is 4.54. The fourth-order valence-electron chi connectivity index (χ4n) is 6.66. The Bertz CT molecular complexity index is 1670. The van der Waals surface area contributed by atoms with Crippen molar-refractivity contribution >= 4 is 44.9 Å². The number of nitrogens with two attached hydrogens (primary N) is 1. The van der Waals surface area contributed by atoms with Crippen LogP contribution in [0.15, 0.2) is 24.3 Å². The molecule has 3 aliphatic heterocycles. The van der Waals surface area contributed by atoms with Gasteiger partial charge in [0.05, 0.1) is 23.5 Å². The summed E-state index contributed by atoms with van der Waals surface area (Å²) in [7, 11) is -3.91. The van der Waals surface area contributed by atoms with Gasteiger partial charge in [0.15, 0.2) is 11.6 Å². The highest BCUT2D eigenvalue weighted by Gasteiger charge is 2.45. The number of halogens is 2. The summed E-state index contributed by atoms with van der Waals surface area (Å²) in [6.07, 6.45) is 5.29. The number of ether oxygens (including phenoxy) is 2. The van der Waals surface area contributed by atoms with Gasteiger partial charge in [0, 0.05) is 44.6 Å². The quantitative estimate of drug-likeness (QED) is 0.284. The summed E-state index contributed by atoms with van der Waals surface area (Å²) in [5, 5.41) is 2.93. The number of piperidine rings is 2. The monoisotopic (exact) mass is 704 g/mol. The van der Waals surface area contributed by atoms with Crippen LogP contribution in [-0.4, -0.2) is 82.4 Å². The van der Waals surface area contributed by atoms with Crippen molar-refractivity contribution in [3.05, 3.63) is 35.4 Å². The van der Waals surface area contributed by atoms with Crippen molar-refractivity contribution in [2.75, 3.05) is 65.0 Å². The second-order valence-corrected chi connectivity index (χ2v) is 16.0. The van der Waals surface area contributed by atoms with E-state index in [0.29, 0.717) is 47.1 Å². The average Bonchev–Trinajstić information content (AvgIpc) is 3.82. The standard InChI is InChI=1S/C34H46F2N6O6S/c1-22(2)28(37)32(44)48-18-19-49(45,46)40-24-5-6-25(26(21-24)41-13-9-33(7-8-33)10-14-41)31(43)39-27-20-23-4-3-17-47-29(23)30(38-27)42-15-11-34(35,36)12-16-42/h5-6,20-22,28,40H,3-4,7-19,37H2,1-2H3,(H,38,39,43). The van der Waals surface area contributed by atoms with Crippen molar-refractivity contribution in [2.45, 2.75) is 77.2 Å². The Kier molecular flexibility index (Phi) is 9.95. The summed E-state index contributed by atoms with van der Waals surface area (Å²) in [6, 6.07) is 5.70. The van der Waals surface area contributed by atoms with Gasteiger partial charge in [-0.25, -0.2) is 22.2 Å². The van der Waals surface area contributed by atoms with E-state index in [0.717, 1.165) is 37.9 Å². The summed E-state index contributed by atoms with van der Waals surface area (Å²) in [5.74, 6) is -3.09. The molecule has 3 fully saturated rings. The van der Waals surface area contributed by atoms with Crippen LogP contribution >= 0.6 is 0 Å². The third-order valence-corrected chi connectivity index (χ3v) is 11.4. The van der Waals surface area contributed by atoms with Crippen LogP contribution in [0, 0.1) is 11.3 Å². The molecule has 49 heavy (non-hydrogen) atoms. The minimum atomic E-state index is -3.91. The highest BCUT2D eigenvalue weighted by molar-refractivity contribution is 7.92. The normalized spacial score (nSPS) is 20.3. The number of fused-ring (bicyclic) bond motifs is 1. The lowest BCUT2D eigenvalue weighted by molar-refractivity contribution is -0.145. The summed E-state index contributed by atoms with van der Waals surface area (Å²) in [6.45, 7) is 5.40. The number of hydrogen-bond donors (Lipinski definition) is 3. The molecule has 15 heteroatoms. The number of alkyl halides is 2. The molecule has 4 N–H and O–H groups in total. The smallest absolute Gasteiger partial charge is 0.323 e. The molecule has 268 valence electrons. The first-order valence-corrected chi connectivity index (χ1v) is 18.8. The summed E-state index contributed by atoms with van der Waals surface area (Å²) >= 11 is 0. The molecule has 4 heterocycles. The number of nitrogens with zero attached hydrogens (tertiary/aromatic N) is 3. The Morgan fingerprint density at radius 3 is 2.41 bits per heavy atom. The van der Waals surface area contributed by atoms with Crippen molar-refractivity contribution in [1.29, 1.82) is 0 Å². The Balaban J connectivity index is 1.22. The molecule has 1 spiro atoms. The number of amides is 1. The molecule has 0 radical (unpaired) electrons. The fourth-order valence-corrected chi connectivity index (χ4v) is 7.55. The molecule has 1 amide bonds. The third-order valence-electron chi connectivity index (χ3n) is 10.1. The molecule has 1 saturated carbocycles. The Labute approximate surface area is 286 Å². The lowest BCUT2D eigenvalue weighted by Gasteiger charge is -2.35. The van der Waals surface area contributed by atoms with E-state index in [2.05, 4.69) is 14.9 Å². The SMILES string of the molecule is CC(C)C(N)C(=O)OCCS(=O)(=O)Nc1ccc(C(=O)Nc2cc3c(c(N4CCC(F)(F)CC4)n2)OCCC3)c(N2CCC3(CC2)CC3)c1. The van der Waals surface area contributed by atoms with E-state index in [1.165, 1.54) is 18.9 Å². The number of hydrogen-bond acceptors (Lipinski definition) is 10. The zero-order valence-electron chi connectivity index (χ0n) is 28.1. The molecule has 4 aliphatic rings. The van der Waals surface area contributed by atoms with Crippen LogP contribution in [0.1, 0.15) is 74.7 Å². The first kappa shape index (κ1) is 35.1. The van der Waals surface area contributed by atoms with Crippen molar-refractivity contribution in [3.63, 3.8) is 0 Å². The number of aromatic nitrogens is 1. The molecule has 6 rings (SSSR count). The van der Waals surface area contributed by atoms with Gasteiger partial charge in [-0.05, 0) is 74.1 Å². The highest BCUT2D eigenvalue weighted by Crippen LogP contribution is 2.54. The topological polar surface area (TPSA) is 156 Å². The number of carbonyl (C=O) groups excluding carboxylic acids is 2. The minimum Gasteiger partial charge on any atom is -0.489 e. The van der Waals surface area contributed by atoms with Crippen LogP contribution in [0.3, 0.4) is 0 Å². The van der Waals surface area contributed by atoms with Gasteiger partial charge in [0.25, 0.3) is 11.8 Å². The molecule has 1 aliphatic carbocycles.